The third kappa shape index (κ3) is 5.50. The number of aromatic amines is 1. The number of carbonyl (C=O) groups excluding carboxylic acids is 1. The van der Waals surface area contributed by atoms with Crippen molar-refractivity contribution in [3.63, 3.8) is 0 Å². The Morgan fingerprint density at radius 1 is 1.56 bits per heavy atom. The van der Waals surface area contributed by atoms with Gasteiger partial charge >= 0.3 is 0 Å². The maximum Gasteiger partial charge on any atom is 0.188 e. The summed E-state index contributed by atoms with van der Waals surface area (Å²) >= 11 is 1.29. The Morgan fingerprint density at radius 2 is 2.38 bits per heavy atom. The minimum absolute atomic E-state index is 0.139. The molecule has 16 heavy (non-hydrogen) atoms. The highest BCUT2D eigenvalue weighted by Gasteiger charge is 2.04. The van der Waals surface area contributed by atoms with E-state index in [1.54, 1.807) is 6.20 Å². The van der Waals surface area contributed by atoms with Crippen LogP contribution in [0.4, 0.5) is 0 Å². The molecule has 0 aromatic carbocycles. The second-order valence-corrected chi connectivity index (χ2v) is 4.46. The first-order chi connectivity index (χ1) is 7.68. The average Bonchev–Trinajstić information content (AvgIpc) is 2.70. The molecule has 1 aromatic rings. The van der Waals surface area contributed by atoms with Crippen LogP contribution in [0, 0.1) is 5.41 Å². The van der Waals surface area contributed by atoms with E-state index < -0.39 is 0 Å². The molecule has 0 fully saturated rings. The van der Waals surface area contributed by atoms with Gasteiger partial charge in [0.1, 0.15) is 0 Å². The molecule has 0 bridgehead atoms. The van der Waals surface area contributed by atoms with Gasteiger partial charge in [0.15, 0.2) is 5.12 Å². The van der Waals surface area contributed by atoms with E-state index in [0.717, 1.165) is 12.1 Å². The number of thioether (sulfide) groups is 1. The van der Waals surface area contributed by atoms with Crippen molar-refractivity contribution in [1.82, 2.24) is 15.4 Å². The Labute approximate surface area is 97.9 Å². The fourth-order valence-corrected chi connectivity index (χ4v) is 1.94. The SMILES string of the molecule is N=C(N)CCCC(=O)SCCc1cn[nH]n1. The highest BCUT2D eigenvalue weighted by atomic mass is 32.2. The van der Waals surface area contributed by atoms with E-state index >= 15 is 0 Å². The number of aryl methyl sites for hydroxylation is 1. The third-order valence-corrected chi connectivity index (χ3v) is 2.85. The molecule has 1 aromatic heterocycles. The Morgan fingerprint density at radius 3 is 3.00 bits per heavy atom. The lowest BCUT2D eigenvalue weighted by molar-refractivity contribution is -0.111. The summed E-state index contributed by atoms with van der Waals surface area (Å²) in [5.41, 5.74) is 6.05. The highest BCUT2D eigenvalue weighted by molar-refractivity contribution is 8.13. The number of H-pyrrole nitrogens is 1. The van der Waals surface area contributed by atoms with Crippen molar-refractivity contribution >= 4 is 22.7 Å². The van der Waals surface area contributed by atoms with Gasteiger partial charge in [-0.15, -0.1) is 0 Å². The van der Waals surface area contributed by atoms with E-state index in [1.165, 1.54) is 11.8 Å². The molecule has 6 nitrogen and oxygen atoms in total. The van der Waals surface area contributed by atoms with Crippen molar-refractivity contribution in [2.45, 2.75) is 25.7 Å². The normalized spacial score (nSPS) is 10.2. The maximum absolute atomic E-state index is 11.4. The third-order valence-electron chi connectivity index (χ3n) is 1.91. The molecule has 4 N–H and O–H groups in total. The van der Waals surface area contributed by atoms with Crippen molar-refractivity contribution in [1.29, 1.82) is 5.41 Å². The number of aromatic nitrogens is 3. The summed E-state index contributed by atoms with van der Waals surface area (Å²) in [5, 5.41) is 17.3. The summed E-state index contributed by atoms with van der Waals surface area (Å²) in [5.74, 6) is 0.853. The zero-order chi connectivity index (χ0) is 11.8. The molecule has 0 saturated heterocycles. The zero-order valence-electron chi connectivity index (χ0n) is 8.90. The summed E-state index contributed by atoms with van der Waals surface area (Å²) < 4.78 is 0. The lowest BCUT2D eigenvalue weighted by Crippen LogP contribution is -2.09. The standard InChI is InChI=1S/C9H15N5OS/c10-8(11)2-1-3-9(15)16-5-4-7-6-12-14-13-7/h6H,1-5H2,(H3,10,11)(H,12,13,14). The fraction of sp³-hybridized carbons (Fsp3) is 0.556. The van der Waals surface area contributed by atoms with Crippen molar-refractivity contribution in [2.75, 3.05) is 5.75 Å². The number of nitrogens with two attached hydrogens (primary N) is 1. The molecule has 0 aliphatic rings. The second-order valence-electron chi connectivity index (χ2n) is 3.31. The van der Waals surface area contributed by atoms with Gasteiger partial charge in [-0.25, -0.2) is 0 Å². The van der Waals surface area contributed by atoms with Gasteiger partial charge in [-0.3, -0.25) is 10.2 Å². The van der Waals surface area contributed by atoms with Crippen molar-refractivity contribution < 1.29 is 4.79 Å². The molecular formula is C9H15N5OS. The highest BCUT2D eigenvalue weighted by Crippen LogP contribution is 2.10. The molecule has 0 atom stereocenters. The molecule has 88 valence electrons. The van der Waals surface area contributed by atoms with Crippen LogP contribution in [0.25, 0.3) is 0 Å². The molecule has 0 saturated carbocycles. The van der Waals surface area contributed by atoms with E-state index in [2.05, 4.69) is 15.4 Å². The fourth-order valence-electron chi connectivity index (χ4n) is 1.11. The molecule has 0 aliphatic heterocycles. The summed E-state index contributed by atoms with van der Waals surface area (Å²) in [6, 6.07) is 0. The first kappa shape index (κ1) is 12.7. The molecule has 0 spiro atoms. The van der Waals surface area contributed by atoms with E-state index in [4.69, 9.17) is 11.1 Å². The van der Waals surface area contributed by atoms with Crippen LogP contribution in [0.15, 0.2) is 6.20 Å². The number of carbonyl (C=O) groups is 1. The lowest BCUT2D eigenvalue weighted by Gasteiger charge is -1.99. The molecule has 0 amide bonds. The predicted molar refractivity (Wildman–Crippen MR) is 63.3 cm³/mol. The maximum atomic E-state index is 11.4. The van der Waals surface area contributed by atoms with E-state index in [1.807, 2.05) is 0 Å². The first-order valence-corrected chi connectivity index (χ1v) is 6.00. The summed E-state index contributed by atoms with van der Waals surface area (Å²) in [6.07, 6.45) is 4.02. The zero-order valence-corrected chi connectivity index (χ0v) is 9.72. The molecule has 0 unspecified atom stereocenters. The van der Waals surface area contributed by atoms with Crippen LogP contribution in [0.3, 0.4) is 0 Å². The van der Waals surface area contributed by atoms with E-state index in [-0.39, 0.29) is 11.0 Å². The minimum atomic E-state index is 0.139. The van der Waals surface area contributed by atoms with Crippen LogP contribution < -0.4 is 5.73 Å². The molecule has 7 heteroatoms. The van der Waals surface area contributed by atoms with Gasteiger partial charge in [-0.1, -0.05) is 11.8 Å². The Hall–Kier alpha value is -1.37. The average molecular weight is 241 g/mol. The van der Waals surface area contributed by atoms with Gasteiger partial charge in [0.2, 0.25) is 0 Å². The lowest BCUT2D eigenvalue weighted by atomic mass is 10.2. The Kier molecular flexibility index (Phi) is 5.55. The van der Waals surface area contributed by atoms with Gasteiger partial charge in [0.25, 0.3) is 0 Å². The number of amidine groups is 1. The van der Waals surface area contributed by atoms with Crippen LogP contribution in [-0.2, 0) is 11.2 Å². The molecular weight excluding hydrogens is 226 g/mol. The Bertz CT molecular complexity index is 338. The smallest absolute Gasteiger partial charge is 0.188 e. The van der Waals surface area contributed by atoms with E-state index in [0.29, 0.717) is 25.0 Å². The summed E-state index contributed by atoms with van der Waals surface area (Å²) in [4.78, 5) is 11.4. The minimum Gasteiger partial charge on any atom is -0.388 e. The van der Waals surface area contributed by atoms with Crippen LogP contribution >= 0.6 is 11.8 Å². The number of rotatable bonds is 7. The number of hydrogen-bond acceptors (Lipinski definition) is 5. The van der Waals surface area contributed by atoms with Gasteiger partial charge in [0.05, 0.1) is 17.7 Å². The van der Waals surface area contributed by atoms with Gasteiger partial charge in [0, 0.05) is 25.0 Å². The largest absolute Gasteiger partial charge is 0.388 e. The van der Waals surface area contributed by atoms with Crippen molar-refractivity contribution in [3.05, 3.63) is 11.9 Å². The topological polar surface area (TPSA) is 109 Å². The van der Waals surface area contributed by atoms with Gasteiger partial charge in [-0.2, -0.15) is 15.4 Å². The van der Waals surface area contributed by atoms with Gasteiger partial charge in [-0.05, 0) is 6.42 Å². The molecule has 0 radical (unpaired) electrons. The van der Waals surface area contributed by atoms with Crippen LogP contribution in [0.2, 0.25) is 0 Å². The second kappa shape index (κ2) is 7.00. The number of nitrogens with zero attached hydrogens (tertiary/aromatic N) is 2. The first-order valence-electron chi connectivity index (χ1n) is 5.01. The summed E-state index contributed by atoms with van der Waals surface area (Å²) in [6.45, 7) is 0. The van der Waals surface area contributed by atoms with Crippen molar-refractivity contribution in [2.24, 2.45) is 5.73 Å². The number of nitrogens with one attached hydrogen (secondary N) is 2. The predicted octanol–water partition coefficient (Wildman–Crippen LogP) is 0.713. The van der Waals surface area contributed by atoms with Crippen LogP contribution in [0.1, 0.15) is 25.0 Å². The molecule has 1 heterocycles. The molecule has 1 rings (SSSR count). The van der Waals surface area contributed by atoms with Crippen LogP contribution in [-0.4, -0.2) is 32.1 Å². The van der Waals surface area contributed by atoms with Gasteiger partial charge < -0.3 is 5.73 Å². The van der Waals surface area contributed by atoms with Crippen LogP contribution in [0.5, 0.6) is 0 Å². The van der Waals surface area contributed by atoms with E-state index in [9.17, 15) is 4.79 Å². The molecule has 0 aliphatic carbocycles. The van der Waals surface area contributed by atoms with Crippen molar-refractivity contribution in [3.8, 4) is 0 Å². The monoisotopic (exact) mass is 241 g/mol. The number of hydrogen-bond donors (Lipinski definition) is 3. The quantitative estimate of drug-likeness (QED) is 0.481. The summed E-state index contributed by atoms with van der Waals surface area (Å²) in [7, 11) is 0. The Balaban J connectivity index is 2.04.